The normalized spacial score (nSPS) is 21.2. The fraction of sp³-hybridized carbons (Fsp3) is 0.500. The van der Waals surface area contributed by atoms with E-state index >= 15 is 0 Å². The van der Waals surface area contributed by atoms with Crippen molar-refractivity contribution in [3.8, 4) is 5.75 Å². The summed E-state index contributed by atoms with van der Waals surface area (Å²) in [7, 11) is 0. The Balaban J connectivity index is 1.56. The van der Waals surface area contributed by atoms with Crippen molar-refractivity contribution in [2.24, 2.45) is 11.8 Å². The monoisotopic (exact) mass is 448 g/mol. The Morgan fingerprint density at radius 1 is 1.33 bits per heavy atom. The average molecular weight is 449 g/mol. The van der Waals surface area contributed by atoms with Gasteiger partial charge in [0.1, 0.15) is 12.4 Å². The van der Waals surface area contributed by atoms with Gasteiger partial charge in [0.2, 0.25) is 5.91 Å². The van der Waals surface area contributed by atoms with E-state index < -0.39 is 0 Å². The molecule has 1 N–H and O–H groups in total. The lowest BCUT2D eigenvalue weighted by Crippen LogP contribution is -2.44. The second-order valence-corrected chi connectivity index (χ2v) is 9.15. The van der Waals surface area contributed by atoms with E-state index in [4.69, 9.17) is 16.3 Å². The number of carbonyl (C=O) groups is 1. The zero-order valence-electron chi connectivity index (χ0n) is 17.5. The number of rotatable bonds is 9. The number of aromatic nitrogens is 3. The van der Waals surface area contributed by atoms with Gasteiger partial charge >= 0.3 is 0 Å². The number of ether oxygens (including phenoxy) is 1. The van der Waals surface area contributed by atoms with Crippen molar-refractivity contribution in [2.45, 2.75) is 57.5 Å². The molecule has 0 radical (unpaired) electrons. The molecule has 1 aromatic carbocycles. The van der Waals surface area contributed by atoms with Crippen LogP contribution in [0.2, 0.25) is 5.02 Å². The van der Waals surface area contributed by atoms with Crippen molar-refractivity contribution in [1.29, 1.82) is 0 Å². The lowest BCUT2D eigenvalue weighted by atomic mass is 9.78. The van der Waals surface area contributed by atoms with Crippen molar-refractivity contribution in [3.63, 3.8) is 0 Å². The molecule has 1 aliphatic carbocycles. The van der Waals surface area contributed by atoms with Crippen LogP contribution in [0.5, 0.6) is 5.75 Å². The summed E-state index contributed by atoms with van der Waals surface area (Å²) in [6.45, 7) is 9.13. The van der Waals surface area contributed by atoms with Crippen molar-refractivity contribution >= 4 is 29.3 Å². The molecule has 1 fully saturated rings. The number of hydrogen-bond donors (Lipinski definition) is 1. The molecule has 1 aliphatic rings. The lowest BCUT2D eigenvalue weighted by Gasteiger charge is -2.34. The summed E-state index contributed by atoms with van der Waals surface area (Å²) in [5.74, 6) is 2.90. The summed E-state index contributed by atoms with van der Waals surface area (Å²) >= 11 is 7.29. The maximum Gasteiger partial charge on any atom is 0.230 e. The third-order valence-electron chi connectivity index (χ3n) is 5.67. The van der Waals surface area contributed by atoms with E-state index in [1.54, 1.807) is 18.2 Å². The highest BCUT2D eigenvalue weighted by Crippen LogP contribution is 2.29. The maximum atomic E-state index is 12.5. The Bertz CT molecular complexity index is 855. The highest BCUT2D eigenvalue weighted by atomic mass is 35.5. The second-order valence-electron chi connectivity index (χ2n) is 7.77. The minimum atomic E-state index is 0.0399. The Labute approximate surface area is 187 Å². The summed E-state index contributed by atoms with van der Waals surface area (Å²) in [5, 5.41) is 13.0. The van der Waals surface area contributed by atoms with Crippen LogP contribution in [0.25, 0.3) is 0 Å². The number of nitrogens with one attached hydrogen (secondary N) is 1. The Morgan fingerprint density at radius 2 is 2.10 bits per heavy atom. The van der Waals surface area contributed by atoms with Gasteiger partial charge in [0.15, 0.2) is 11.0 Å². The minimum absolute atomic E-state index is 0.0399. The number of carbonyl (C=O) groups excluding carboxylic acids is 1. The van der Waals surface area contributed by atoms with E-state index in [0.29, 0.717) is 45.9 Å². The summed E-state index contributed by atoms with van der Waals surface area (Å²) in [5.41, 5.74) is 0. The number of thioether (sulfide) groups is 1. The average Bonchev–Trinajstić information content (AvgIpc) is 3.11. The van der Waals surface area contributed by atoms with Crippen molar-refractivity contribution in [1.82, 2.24) is 20.1 Å². The molecule has 0 aliphatic heterocycles. The van der Waals surface area contributed by atoms with Gasteiger partial charge in [-0.2, -0.15) is 0 Å². The quantitative estimate of drug-likeness (QED) is 0.443. The Morgan fingerprint density at radius 3 is 2.83 bits per heavy atom. The van der Waals surface area contributed by atoms with Gasteiger partial charge in [-0.05, 0) is 42.5 Å². The molecule has 8 heteroatoms. The molecule has 0 saturated heterocycles. The molecule has 1 amide bonds. The predicted octanol–water partition coefficient (Wildman–Crippen LogP) is 4.73. The van der Waals surface area contributed by atoms with Crippen LogP contribution in [-0.2, 0) is 17.9 Å². The van der Waals surface area contributed by atoms with E-state index in [1.165, 1.54) is 24.6 Å². The van der Waals surface area contributed by atoms with Gasteiger partial charge in [-0.25, -0.2) is 0 Å². The molecule has 162 valence electrons. The van der Waals surface area contributed by atoms with Gasteiger partial charge in [-0.3, -0.25) is 9.36 Å². The largest absolute Gasteiger partial charge is 0.486 e. The van der Waals surface area contributed by atoms with Crippen molar-refractivity contribution < 1.29 is 9.53 Å². The number of hydrogen-bond acceptors (Lipinski definition) is 5. The fourth-order valence-corrected chi connectivity index (χ4v) is 4.59. The molecular formula is C22H29ClN4O2S. The number of allylic oxidation sites excluding steroid dienone is 1. The van der Waals surface area contributed by atoms with Crippen LogP contribution in [0.15, 0.2) is 42.1 Å². The number of benzene rings is 1. The first-order valence-electron chi connectivity index (χ1n) is 10.3. The molecule has 2 aromatic rings. The van der Waals surface area contributed by atoms with Crippen LogP contribution in [0.1, 0.15) is 38.9 Å². The van der Waals surface area contributed by atoms with Gasteiger partial charge in [-0.15, -0.1) is 16.8 Å². The molecule has 3 rings (SSSR count). The zero-order valence-corrected chi connectivity index (χ0v) is 19.1. The first kappa shape index (κ1) is 22.7. The van der Waals surface area contributed by atoms with Gasteiger partial charge in [0.25, 0.3) is 0 Å². The summed E-state index contributed by atoms with van der Waals surface area (Å²) in [4.78, 5) is 12.5. The minimum Gasteiger partial charge on any atom is -0.486 e. The molecule has 1 saturated carbocycles. The van der Waals surface area contributed by atoms with Crippen LogP contribution in [0.3, 0.4) is 0 Å². The van der Waals surface area contributed by atoms with Crippen LogP contribution >= 0.6 is 23.4 Å². The van der Waals surface area contributed by atoms with Gasteiger partial charge in [-0.1, -0.05) is 56.1 Å². The van der Waals surface area contributed by atoms with Crippen LogP contribution < -0.4 is 10.1 Å². The van der Waals surface area contributed by atoms with Gasteiger partial charge in [0, 0.05) is 17.6 Å². The molecule has 0 unspecified atom stereocenters. The molecule has 30 heavy (non-hydrogen) atoms. The number of nitrogens with zero attached hydrogens (tertiary/aromatic N) is 3. The Kier molecular flexibility index (Phi) is 8.22. The topological polar surface area (TPSA) is 69.0 Å². The molecule has 1 aromatic heterocycles. The zero-order chi connectivity index (χ0) is 21.5. The molecule has 0 bridgehead atoms. The van der Waals surface area contributed by atoms with E-state index in [2.05, 4.69) is 35.9 Å². The van der Waals surface area contributed by atoms with Crippen LogP contribution in [0, 0.1) is 11.8 Å². The van der Waals surface area contributed by atoms with Crippen molar-refractivity contribution in [3.05, 3.63) is 47.8 Å². The predicted molar refractivity (Wildman–Crippen MR) is 121 cm³/mol. The highest BCUT2D eigenvalue weighted by molar-refractivity contribution is 7.99. The maximum absolute atomic E-state index is 12.5. The van der Waals surface area contributed by atoms with Gasteiger partial charge < -0.3 is 10.1 Å². The number of halogens is 1. The smallest absolute Gasteiger partial charge is 0.230 e. The van der Waals surface area contributed by atoms with E-state index in [-0.39, 0.29) is 18.6 Å². The molecule has 0 spiro atoms. The second kappa shape index (κ2) is 10.9. The number of amides is 1. The molecule has 3 atom stereocenters. The molecular weight excluding hydrogens is 420 g/mol. The summed E-state index contributed by atoms with van der Waals surface area (Å²) in [6, 6.07) is 7.43. The van der Waals surface area contributed by atoms with E-state index in [9.17, 15) is 4.79 Å². The standard InChI is InChI=1S/C22H29ClN4O2S/c1-4-12-27-20(13-29-18-10-8-17(23)9-11-18)25-26-22(27)30-14-21(28)24-19-7-5-6-15(2)16(19)3/h4,8-11,15-16,19H,1,5-7,12-14H2,2-3H3,(H,24,28)/t15-,16+,19+/m0/s1. The van der Waals surface area contributed by atoms with Crippen molar-refractivity contribution in [2.75, 3.05) is 5.75 Å². The van der Waals surface area contributed by atoms with E-state index in [1.807, 2.05) is 16.7 Å². The lowest BCUT2D eigenvalue weighted by molar-refractivity contribution is -0.120. The van der Waals surface area contributed by atoms with Gasteiger partial charge in [0.05, 0.1) is 5.75 Å². The third kappa shape index (κ3) is 6.01. The van der Waals surface area contributed by atoms with Crippen LogP contribution in [-0.4, -0.2) is 32.5 Å². The first-order chi connectivity index (χ1) is 14.5. The molecule has 6 nitrogen and oxygen atoms in total. The highest BCUT2D eigenvalue weighted by Gasteiger charge is 2.28. The van der Waals surface area contributed by atoms with E-state index in [0.717, 1.165) is 6.42 Å². The van der Waals surface area contributed by atoms with Crippen LogP contribution in [0.4, 0.5) is 0 Å². The summed E-state index contributed by atoms with van der Waals surface area (Å²) in [6.07, 6.45) is 5.26. The first-order valence-corrected chi connectivity index (χ1v) is 11.7. The summed E-state index contributed by atoms with van der Waals surface area (Å²) < 4.78 is 7.71. The fourth-order valence-electron chi connectivity index (χ4n) is 3.69. The Hall–Kier alpha value is -1.99. The molecule has 1 heterocycles. The SMILES string of the molecule is C=CCn1c(COc2ccc(Cl)cc2)nnc1SCC(=O)N[C@@H]1CCC[C@H](C)[C@H]1C. The third-order valence-corrected chi connectivity index (χ3v) is 6.89.